The van der Waals surface area contributed by atoms with E-state index in [1.807, 2.05) is 18.2 Å². The molecule has 1 unspecified atom stereocenters. The van der Waals surface area contributed by atoms with E-state index in [0.717, 1.165) is 13.1 Å². The van der Waals surface area contributed by atoms with E-state index in [1.54, 1.807) is 0 Å². The molecule has 0 amide bonds. The van der Waals surface area contributed by atoms with E-state index in [1.165, 1.54) is 5.56 Å². The molecule has 1 saturated heterocycles. The Labute approximate surface area is 105 Å². The van der Waals surface area contributed by atoms with Gasteiger partial charge in [-0.1, -0.05) is 29.3 Å². The molecule has 1 aromatic rings. The van der Waals surface area contributed by atoms with Gasteiger partial charge < -0.3 is 10.4 Å². The molecule has 0 spiro atoms. The Balaban J connectivity index is 2.00. The van der Waals surface area contributed by atoms with Gasteiger partial charge in [0.15, 0.2) is 0 Å². The van der Waals surface area contributed by atoms with Crippen LogP contribution in [0.15, 0.2) is 18.2 Å². The topological polar surface area (TPSA) is 32.3 Å². The minimum absolute atomic E-state index is 0.100. The summed E-state index contributed by atoms with van der Waals surface area (Å²) in [6, 6.07) is 5.82. The highest BCUT2D eigenvalue weighted by Crippen LogP contribution is 2.61. The van der Waals surface area contributed by atoms with Gasteiger partial charge in [-0.25, -0.2) is 0 Å². The third-order valence-corrected chi connectivity index (χ3v) is 4.87. The Morgan fingerprint density at radius 1 is 1.38 bits per heavy atom. The fourth-order valence-electron chi connectivity index (χ4n) is 3.23. The van der Waals surface area contributed by atoms with Crippen LogP contribution in [-0.2, 0) is 5.41 Å². The Bertz CT molecular complexity index is 431. The molecule has 0 bridgehead atoms. The SMILES string of the molecule is OCC1[C@@H]2CNC[C@]12c1ccc(Cl)c(Cl)c1. The number of fused-ring (bicyclic) bond motifs is 1. The van der Waals surface area contributed by atoms with E-state index in [-0.39, 0.29) is 12.0 Å². The maximum atomic E-state index is 9.38. The van der Waals surface area contributed by atoms with Crippen LogP contribution in [0.1, 0.15) is 5.56 Å². The van der Waals surface area contributed by atoms with Crippen LogP contribution in [0.25, 0.3) is 0 Å². The van der Waals surface area contributed by atoms with Crippen molar-refractivity contribution >= 4 is 23.2 Å². The van der Waals surface area contributed by atoms with Gasteiger partial charge in [0, 0.05) is 18.6 Å². The molecule has 2 nitrogen and oxygen atoms in total. The lowest BCUT2D eigenvalue weighted by Gasteiger charge is -2.15. The highest BCUT2D eigenvalue weighted by atomic mass is 35.5. The summed E-state index contributed by atoms with van der Waals surface area (Å²) in [7, 11) is 0. The molecule has 1 saturated carbocycles. The molecule has 16 heavy (non-hydrogen) atoms. The van der Waals surface area contributed by atoms with Gasteiger partial charge in [-0.05, 0) is 36.1 Å². The number of nitrogens with one attached hydrogen (secondary N) is 1. The van der Waals surface area contributed by atoms with Crippen LogP contribution >= 0.6 is 23.2 Å². The smallest absolute Gasteiger partial charge is 0.0595 e. The Kier molecular flexibility index (Phi) is 2.44. The molecule has 0 radical (unpaired) electrons. The van der Waals surface area contributed by atoms with Crippen LogP contribution in [0.5, 0.6) is 0 Å². The summed E-state index contributed by atoms with van der Waals surface area (Å²) in [5.74, 6) is 0.931. The summed E-state index contributed by atoms with van der Waals surface area (Å²) in [4.78, 5) is 0. The first kappa shape index (κ1) is 10.8. The summed E-state index contributed by atoms with van der Waals surface area (Å²) in [5.41, 5.74) is 1.30. The quantitative estimate of drug-likeness (QED) is 0.851. The van der Waals surface area contributed by atoms with E-state index < -0.39 is 0 Å². The fourth-order valence-corrected chi connectivity index (χ4v) is 3.53. The minimum Gasteiger partial charge on any atom is -0.396 e. The third kappa shape index (κ3) is 1.28. The van der Waals surface area contributed by atoms with E-state index >= 15 is 0 Å². The van der Waals surface area contributed by atoms with Gasteiger partial charge in [0.05, 0.1) is 10.0 Å². The van der Waals surface area contributed by atoms with E-state index in [9.17, 15) is 5.11 Å². The number of piperidine rings is 1. The second kappa shape index (κ2) is 3.61. The molecule has 2 aliphatic rings. The molecule has 1 heterocycles. The predicted molar refractivity (Wildman–Crippen MR) is 65.1 cm³/mol. The fraction of sp³-hybridized carbons (Fsp3) is 0.500. The van der Waals surface area contributed by atoms with Gasteiger partial charge >= 0.3 is 0 Å². The Morgan fingerprint density at radius 2 is 2.19 bits per heavy atom. The van der Waals surface area contributed by atoms with Crippen LogP contribution in [0.3, 0.4) is 0 Å². The lowest BCUT2D eigenvalue weighted by Crippen LogP contribution is -2.24. The number of aliphatic hydroxyl groups is 1. The zero-order valence-electron chi connectivity index (χ0n) is 8.71. The van der Waals surface area contributed by atoms with Gasteiger partial charge in [0.1, 0.15) is 0 Å². The minimum atomic E-state index is 0.100. The van der Waals surface area contributed by atoms with Crippen molar-refractivity contribution in [2.24, 2.45) is 11.8 Å². The maximum absolute atomic E-state index is 9.38. The highest BCUT2D eigenvalue weighted by molar-refractivity contribution is 6.42. The van der Waals surface area contributed by atoms with E-state index in [2.05, 4.69) is 5.32 Å². The van der Waals surface area contributed by atoms with Crippen LogP contribution in [-0.4, -0.2) is 24.8 Å². The molecule has 3 rings (SSSR count). The average molecular weight is 258 g/mol. The van der Waals surface area contributed by atoms with Crippen molar-refractivity contribution in [3.63, 3.8) is 0 Å². The number of halogens is 2. The zero-order chi connectivity index (χ0) is 11.3. The van der Waals surface area contributed by atoms with Crippen molar-refractivity contribution in [1.29, 1.82) is 0 Å². The molecule has 1 aliphatic heterocycles. The van der Waals surface area contributed by atoms with Crippen molar-refractivity contribution in [1.82, 2.24) is 5.32 Å². The number of rotatable bonds is 2. The largest absolute Gasteiger partial charge is 0.396 e. The van der Waals surface area contributed by atoms with Crippen LogP contribution < -0.4 is 5.32 Å². The predicted octanol–water partition coefficient (Wildman–Crippen LogP) is 2.07. The van der Waals surface area contributed by atoms with Crippen molar-refractivity contribution in [2.75, 3.05) is 19.7 Å². The third-order valence-electron chi connectivity index (χ3n) is 4.14. The van der Waals surface area contributed by atoms with E-state index in [4.69, 9.17) is 23.2 Å². The normalized spacial score (nSPS) is 36.2. The molecule has 86 valence electrons. The van der Waals surface area contributed by atoms with Crippen molar-refractivity contribution in [2.45, 2.75) is 5.41 Å². The van der Waals surface area contributed by atoms with E-state index in [0.29, 0.717) is 21.9 Å². The van der Waals surface area contributed by atoms with Gasteiger partial charge in [-0.2, -0.15) is 0 Å². The molecule has 4 heteroatoms. The zero-order valence-corrected chi connectivity index (χ0v) is 10.2. The molecular weight excluding hydrogens is 245 g/mol. The van der Waals surface area contributed by atoms with Crippen LogP contribution in [0.2, 0.25) is 10.0 Å². The molecule has 1 aromatic carbocycles. The molecule has 3 atom stereocenters. The van der Waals surface area contributed by atoms with Gasteiger partial charge in [0.25, 0.3) is 0 Å². The van der Waals surface area contributed by atoms with Gasteiger partial charge in [0.2, 0.25) is 0 Å². The molecule has 0 aromatic heterocycles. The van der Waals surface area contributed by atoms with Gasteiger partial charge in [-0.15, -0.1) is 0 Å². The summed E-state index contributed by atoms with van der Waals surface area (Å²) in [6.45, 7) is 2.18. The van der Waals surface area contributed by atoms with Crippen molar-refractivity contribution < 1.29 is 5.11 Å². The first-order valence-corrected chi connectivity index (χ1v) is 6.23. The lowest BCUT2D eigenvalue weighted by molar-refractivity contribution is 0.253. The first-order valence-electron chi connectivity index (χ1n) is 5.47. The van der Waals surface area contributed by atoms with Gasteiger partial charge in [-0.3, -0.25) is 0 Å². The second-order valence-corrected chi connectivity index (χ2v) is 5.51. The number of benzene rings is 1. The molecule has 1 aliphatic carbocycles. The van der Waals surface area contributed by atoms with Crippen LogP contribution in [0, 0.1) is 11.8 Å². The monoisotopic (exact) mass is 257 g/mol. The van der Waals surface area contributed by atoms with Crippen molar-refractivity contribution in [3.8, 4) is 0 Å². The van der Waals surface area contributed by atoms with Crippen LogP contribution in [0.4, 0.5) is 0 Å². The molecular formula is C12H13Cl2NO. The lowest BCUT2D eigenvalue weighted by atomic mass is 9.93. The summed E-state index contributed by atoms with van der Waals surface area (Å²) >= 11 is 12.0. The summed E-state index contributed by atoms with van der Waals surface area (Å²) in [5, 5.41) is 13.9. The maximum Gasteiger partial charge on any atom is 0.0595 e. The number of aliphatic hydroxyl groups excluding tert-OH is 1. The second-order valence-electron chi connectivity index (χ2n) is 4.70. The molecule has 2 N–H and O–H groups in total. The molecule has 2 fully saturated rings. The number of hydrogen-bond acceptors (Lipinski definition) is 2. The Morgan fingerprint density at radius 3 is 2.81 bits per heavy atom. The summed E-state index contributed by atoms with van der Waals surface area (Å²) < 4.78 is 0. The first-order chi connectivity index (χ1) is 7.70. The Hall–Kier alpha value is -0.280. The standard InChI is InChI=1S/C12H13Cl2NO/c13-10-2-1-7(3-11(10)14)12-6-15-4-8(12)9(12)5-16/h1-3,8-9,15-16H,4-6H2/t8-,9?,12+/m0/s1. The average Bonchev–Trinajstić information content (AvgIpc) is 2.69. The number of hydrogen-bond donors (Lipinski definition) is 2. The van der Waals surface area contributed by atoms with Crippen molar-refractivity contribution in [3.05, 3.63) is 33.8 Å². The highest BCUT2D eigenvalue weighted by Gasteiger charge is 2.67. The summed E-state index contributed by atoms with van der Waals surface area (Å²) in [6.07, 6.45) is 0.